The maximum atomic E-state index is 5.47. The van der Waals surface area contributed by atoms with Crippen molar-refractivity contribution in [2.45, 2.75) is 64.5 Å². The van der Waals surface area contributed by atoms with Gasteiger partial charge in [0.25, 0.3) is 0 Å². The molecular formula is C14H27NO. The normalized spacial score (nSPS) is 13.4. The summed E-state index contributed by atoms with van der Waals surface area (Å²) < 4.78 is 5.47. The van der Waals surface area contributed by atoms with Crippen molar-refractivity contribution in [2.75, 3.05) is 13.7 Å². The third-order valence-electron chi connectivity index (χ3n) is 2.85. The Morgan fingerprint density at radius 3 is 2.62 bits per heavy atom. The molecule has 0 rings (SSSR count). The maximum Gasteiger partial charge on any atom is 0.0637 e. The van der Waals surface area contributed by atoms with Crippen molar-refractivity contribution < 1.29 is 4.74 Å². The van der Waals surface area contributed by atoms with Gasteiger partial charge in [0.2, 0.25) is 0 Å². The fourth-order valence-electron chi connectivity index (χ4n) is 1.75. The molecule has 0 spiro atoms. The lowest BCUT2D eigenvalue weighted by Gasteiger charge is -2.29. The molecule has 1 N–H and O–H groups in total. The molecule has 0 aliphatic heterocycles. The third kappa shape index (κ3) is 7.73. The van der Waals surface area contributed by atoms with Crippen LogP contribution >= 0.6 is 0 Å². The monoisotopic (exact) mass is 225 g/mol. The van der Waals surface area contributed by atoms with Crippen molar-refractivity contribution in [1.82, 2.24) is 5.32 Å². The van der Waals surface area contributed by atoms with Gasteiger partial charge in [-0.2, -0.15) is 0 Å². The van der Waals surface area contributed by atoms with Crippen LogP contribution in [0, 0.1) is 12.3 Å². The molecule has 0 fully saturated rings. The lowest BCUT2D eigenvalue weighted by atomic mass is 9.95. The first-order valence-electron chi connectivity index (χ1n) is 6.27. The predicted molar refractivity (Wildman–Crippen MR) is 70.5 cm³/mol. The molecule has 0 saturated heterocycles. The quantitative estimate of drug-likeness (QED) is 0.481. The molecule has 16 heavy (non-hydrogen) atoms. The van der Waals surface area contributed by atoms with Crippen molar-refractivity contribution in [1.29, 1.82) is 0 Å². The van der Waals surface area contributed by atoms with Gasteiger partial charge >= 0.3 is 0 Å². The second-order valence-electron chi connectivity index (χ2n) is 4.92. The molecule has 2 nitrogen and oxygen atoms in total. The lowest BCUT2D eigenvalue weighted by molar-refractivity contribution is 0.00628. The smallest absolute Gasteiger partial charge is 0.0637 e. The number of nitrogens with one attached hydrogen (secondary N) is 1. The first kappa shape index (κ1) is 15.5. The van der Waals surface area contributed by atoms with Gasteiger partial charge in [0.05, 0.1) is 5.60 Å². The minimum Gasteiger partial charge on any atom is -0.379 e. The molecule has 0 amide bonds. The molecular weight excluding hydrogens is 198 g/mol. The van der Waals surface area contributed by atoms with E-state index in [1.54, 1.807) is 7.11 Å². The predicted octanol–water partition coefficient (Wildman–Crippen LogP) is 2.97. The van der Waals surface area contributed by atoms with Crippen LogP contribution in [-0.4, -0.2) is 25.3 Å². The van der Waals surface area contributed by atoms with Crippen molar-refractivity contribution in [3.8, 4) is 12.3 Å². The van der Waals surface area contributed by atoms with E-state index in [4.69, 9.17) is 11.2 Å². The Labute approximate surface area is 101 Å². The van der Waals surface area contributed by atoms with Gasteiger partial charge in [-0.1, -0.05) is 6.92 Å². The third-order valence-corrected chi connectivity index (χ3v) is 2.85. The van der Waals surface area contributed by atoms with Gasteiger partial charge < -0.3 is 10.1 Å². The Morgan fingerprint density at radius 2 is 2.12 bits per heavy atom. The van der Waals surface area contributed by atoms with Gasteiger partial charge in [0.15, 0.2) is 0 Å². The number of hydrogen-bond donors (Lipinski definition) is 1. The summed E-state index contributed by atoms with van der Waals surface area (Å²) >= 11 is 0. The summed E-state index contributed by atoms with van der Waals surface area (Å²) in [5, 5.41) is 3.57. The molecule has 1 unspecified atom stereocenters. The highest BCUT2D eigenvalue weighted by Gasteiger charge is 2.21. The maximum absolute atomic E-state index is 5.47. The molecule has 0 radical (unpaired) electrons. The fourth-order valence-corrected chi connectivity index (χ4v) is 1.75. The number of rotatable bonds is 9. The van der Waals surface area contributed by atoms with E-state index in [1.807, 2.05) is 0 Å². The van der Waals surface area contributed by atoms with Crippen LogP contribution < -0.4 is 5.32 Å². The van der Waals surface area contributed by atoms with Crippen LogP contribution in [0.15, 0.2) is 0 Å². The largest absolute Gasteiger partial charge is 0.379 e. The Bertz CT molecular complexity index is 205. The van der Waals surface area contributed by atoms with E-state index in [9.17, 15) is 0 Å². The van der Waals surface area contributed by atoms with Crippen molar-refractivity contribution in [3.63, 3.8) is 0 Å². The van der Waals surface area contributed by atoms with E-state index in [0.717, 1.165) is 32.2 Å². The highest BCUT2D eigenvalue weighted by molar-refractivity contribution is 4.85. The van der Waals surface area contributed by atoms with Crippen LogP contribution in [-0.2, 0) is 4.74 Å². The van der Waals surface area contributed by atoms with Gasteiger partial charge in [-0.15, -0.1) is 12.3 Å². The van der Waals surface area contributed by atoms with E-state index in [1.165, 1.54) is 6.42 Å². The van der Waals surface area contributed by atoms with Crippen LogP contribution in [0.25, 0.3) is 0 Å². The summed E-state index contributed by atoms with van der Waals surface area (Å²) in [5.74, 6) is 2.70. The molecule has 94 valence electrons. The minimum absolute atomic E-state index is 0.0540. The minimum atomic E-state index is -0.0540. The summed E-state index contributed by atoms with van der Waals surface area (Å²) in [5.41, 5.74) is -0.0540. The first-order chi connectivity index (χ1) is 7.55. The number of unbranched alkanes of at least 4 members (excludes halogenated alkanes) is 1. The average Bonchev–Trinajstić information content (AvgIpc) is 2.25. The van der Waals surface area contributed by atoms with Gasteiger partial charge in [-0.3, -0.25) is 0 Å². The Hall–Kier alpha value is -0.520. The summed E-state index contributed by atoms with van der Waals surface area (Å²) in [6.07, 6.45) is 10.6. The Balaban J connectivity index is 4.04. The van der Waals surface area contributed by atoms with Crippen LogP contribution in [0.2, 0.25) is 0 Å². The molecule has 0 aliphatic rings. The van der Waals surface area contributed by atoms with Crippen molar-refractivity contribution in [2.24, 2.45) is 0 Å². The molecule has 0 aromatic rings. The molecule has 0 saturated carbocycles. The lowest BCUT2D eigenvalue weighted by Crippen LogP contribution is -2.38. The van der Waals surface area contributed by atoms with Gasteiger partial charge in [-0.05, 0) is 46.1 Å². The highest BCUT2D eigenvalue weighted by Crippen LogP contribution is 2.18. The molecule has 0 heterocycles. The Kier molecular flexibility index (Phi) is 8.33. The molecule has 0 aliphatic carbocycles. The van der Waals surface area contributed by atoms with Crippen LogP contribution in [0.3, 0.4) is 0 Å². The topological polar surface area (TPSA) is 21.3 Å². The number of hydrogen-bond acceptors (Lipinski definition) is 2. The van der Waals surface area contributed by atoms with Gasteiger partial charge in [0.1, 0.15) is 0 Å². The second-order valence-corrected chi connectivity index (χ2v) is 4.92. The zero-order valence-electron chi connectivity index (χ0n) is 11.3. The molecule has 0 bridgehead atoms. The first-order valence-corrected chi connectivity index (χ1v) is 6.27. The van der Waals surface area contributed by atoms with E-state index < -0.39 is 0 Å². The van der Waals surface area contributed by atoms with Crippen molar-refractivity contribution in [3.05, 3.63) is 0 Å². The SMILES string of the molecule is C#CCCCC(CC(C)(C)OC)NCCC. The zero-order valence-corrected chi connectivity index (χ0v) is 11.3. The Morgan fingerprint density at radius 1 is 1.44 bits per heavy atom. The highest BCUT2D eigenvalue weighted by atomic mass is 16.5. The number of methoxy groups -OCH3 is 1. The van der Waals surface area contributed by atoms with E-state index >= 15 is 0 Å². The molecule has 0 aromatic heterocycles. The summed E-state index contributed by atoms with van der Waals surface area (Å²) in [4.78, 5) is 0. The van der Waals surface area contributed by atoms with E-state index in [0.29, 0.717) is 6.04 Å². The average molecular weight is 225 g/mol. The van der Waals surface area contributed by atoms with E-state index in [-0.39, 0.29) is 5.60 Å². The molecule has 2 heteroatoms. The number of ether oxygens (including phenoxy) is 1. The zero-order chi connectivity index (χ0) is 12.4. The van der Waals surface area contributed by atoms with Crippen molar-refractivity contribution >= 4 is 0 Å². The summed E-state index contributed by atoms with van der Waals surface area (Å²) in [6, 6.07) is 0.517. The molecule has 1 atom stereocenters. The summed E-state index contributed by atoms with van der Waals surface area (Å²) in [6.45, 7) is 7.52. The molecule has 0 aromatic carbocycles. The second kappa shape index (κ2) is 8.61. The van der Waals surface area contributed by atoms with Gasteiger partial charge in [-0.25, -0.2) is 0 Å². The van der Waals surface area contributed by atoms with Crippen LogP contribution in [0.4, 0.5) is 0 Å². The number of terminal acetylenes is 1. The van der Waals surface area contributed by atoms with Crippen LogP contribution in [0.5, 0.6) is 0 Å². The summed E-state index contributed by atoms with van der Waals surface area (Å²) in [7, 11) is 1.78. The fraction of sp³-hybridized carbons (Fsp3) is 0.857. The van der Waals surface area contributed by atoms with Crippen LogP contribution in [0.1, 0.15) is 52.9 Å². The van der Waals surface area contributed by atoms with E-state index in [2.05, 4.69) is 32.0 Å². The van der Waals surface area contributed by atoms with Gasteiger partial charge in [0, 0.05) is 19.6 Å². The standard InChI is InChI=1S/C14H27NO/c1-6-8-9-10-13(15-11-7-2)12-14(3,4)16-5/h1,13,15H,7-12H2,2-5H3.